The molecule has 2 aromatic heterocycles. The van der Waals surface area contributed by atoms with Crippen molar-refractivity contribution < 1.29 is 4.79 Å². The van der Waals surface area contributed by atoms with Gasteiger partial charge in [0.05, 0.1) is 34.8 Å². The smallest absolute Gasteiger partial charge is 0.275 e. The zero-order valence-corrected chi connectivity index (χ0v) is 15.7. The summed E-state index contributed by atoms with van der Waals surface area (Å²) in [5, 5.41) is 15.0. The van der Waals surface area contributed by atoms with Crippen LogP contribution in [0.5, 0.6) is 0 Å². The van der Waals surface area contributed by atoms with E-state index in [1.165, 1.54) is 6.20 Å². The van der Waals surface area contributed by atoms with E-state index in [0.717, 1.165) is 11.3 Å². The van der Waals surface area contributed by atoms with Crippen LogP contribution in [0.2, 0.25) is 15.1 Å². The average molecular weight is 399 g/mol. The van der Waals surface area contributed by atoms with Crippen LogP contribution < -0.4 is 5.32 Å². The van der Waals surface area contributed by atoms with Gasteiger partial charge in [-0.2, -0.15) is 10.2 Å². The van der Waals surface area contributed by atoms with Crippen molar-refractivity contribution in [1.29, 1.82) is 0 Å². The molecule has 0 aliphatic heterocycles. The van der Waals surface area contributed by atoms with Gasteiger partial charge in [-0.15, -0.1) is 0 Å². The van der Waals surface area contributed by atoms with Crippen molar-refractivity contribution in [3.63, 3.8) is 0 Å². The molecule has 130 valence electrons. The first-order chi connectivity index (χ1) is 11.9. The summed E-state index contributed by atoms with van der Waals surface area (Å²) in [6.07, 6.45) is 1.38. The Bertz CT molecular complexity index is 947. The number of halogens is 3. The first kappa shape index (κ1) is 17.8. The van der Waals surface area contributed by atoms with Crippen molar-refractivity contribution >= 4 is 46.4 Å². The van der Waals surface area contributed by atoms with E-state index >= 15 is 0 Å². The molecule has 0 aliphatic carbocycles. The quantitative estimate of drug-likeness (QED) is 0.680. The number of aromatic amines is 1. The van der Waals surface area contributed by atoms with Crippen molar-refractivity contribution in [1.82, 2.24) is 20.0 Å². The number of H-pyrrole nitrogens is 1. The fraction of sp³-hybridized carbons (Fsp3) is 0.188. The van der Waals surface area contributed by atoms with Crippen LogP contribution >= 0.6 is 34.8 Å². The SMILES string of the molecule is Cc1nn(Cc2ccc(Cl)cc2Cl)c(C)c1NC(=O)c1[nH]ncc1Cl. The lowest BCUT2D eigenvalue weighted by atomic mass is 10.2. The van der Waals surface area contributed by atoms with Crippen molar-refractivity contribution in [2.45, 2.75) is 20.4 Å². The molecule has 0 spiro atoms. The van der Waals surface area contributed by atoms with Crippen molar-refractivity contribution in [2.24, 2.45) is 0 Å². The summed E-state index contributed by atoms with van der Waals surface area (Å²) < 4.78 is 1.77. The molecule has 25 heavy (non-hydrogen) atoms. The Morgan fingerprint density at radius 2 is 2.00 bits per heavy atom. The third kappa shape index (κ3) is 3.66. The number of carbonyl (C=O) groups excluding carboxylic acids is 1. The molecule has 2 heterocycles. The maximum atomic E-state index is 12.3. The highest BCUT2D eigenvalue weighted by Crippen LogP contribution is 2.25. The van der Waals surface area contributed by atoms with Crippen LogP contribution in [0.1, 0.15) is 27.4 Å². The third-order valence-electron chi connectivity index (χ3n) is 3.78. The summed E-state index contributed by atoms with van der Waals surface area (Å²) in [7, 11) is 0. The minimum Gasteiger partial charge on any atom is -0.317 e. The Morgan fingerprint density at radius 3 is 2.64 bits per heavy atom. The van der Waals surface area contributed by atoms with Crippen LogP contribution in [0, 0.1) is 13.8 Å². The molecule has 1 aromatic carbocycles. The number of rotatable bonds is 4. The average Bonchev–Trinajstić information content (AvgIpc) is 3.09. The molecule has 3 aromatic rings. The van der Waals surface area contributed by atoms with Crippen molar-refractivity contribution in [3.8, 4) is 0 Å². The van der Waals surface area contributed by atoms with Gasteiger partial charge >= 0.3 is 0 Å². The Kier molecular flexibility index (Phi) is 5.03. The van der Waals surface area contributed by atoms with E-state index in [1.807, 2.05) is 19.9 Å². The summed E-state index contributed by atoms with van der Waals surface area (Å²) in [6, 6.07) is 5.31. The number of aryl methyl sites for hydroxylation is 1. The second-order valence-corrected chi connectivity index (χ2v) is 6.74. The van der Waals surface area contributed by atoms with E-state index in [9.17, 15) is 4.79 Å². The molecule has 6 nitrogen and oxygen atoms in total. The molecule has 0 saturated heterocycles. The van der Waals surface area contributed by atoms with Crippen LogP contribution in [-0.2, 0) is 6.54 Å². The highest BCUT2D eigenvalue weighted by molar-refractivity contribution is 6.35. The molecule has 0 bridgehead atoms. The van der Waals surface area contributed by atoms with Crippen LogP contribution in [0.15, 0.2) is 24.4 Å². The molecule has 0 unspecified atom stereocenters. The van der Waals surface area contributed by atoms with Gasteiger partial charge in [-0.25, -0.2) is 0 Å². The van der Waals surface area contributed by atoms with Gasteiger partial charge in [0.1, 0.15) is 5.69 Å². The number of nitrogens with zero attached hydrogens (tertiary/aromatic N) is 3. The summed E-state index contributed by atoms with van der Waals surface area (Å²) in [5.41, 5.74) is 3.19. The Balaban J connectivity index is 1.86. The molecule has 2 N–H and O–H groups in total. The zero-order valence-electron chi connectivity index (χ0n) is 13.4. The summed E-state index contributed by atoms with van der Waals surface area (Å²) >= 11 is 18.1. The monoisotopic (exact) mass is 397 g/mol. The molecule has 9 heteroatoms. The van der Waals surface area contributed by atoms with E-state index < -0.39 is 0 Å². The lowest BCUT2D eigenvalue weighted by Crippen LogP contribution is -2.14. The zero-order chi connectivity index (χ0) is 18.1. The predicted molar refractivity (Wildman–Crippen MR) is 98.8 cm³/mol. The van der Waals surface area contributed by atoms with E-state index in [2.05, 4.69) is 20.6 Å². The lowest BCUT2D eigenvalue weighted by Gasteiger charge is -2.08. The predicted octanol–water partition coefficient (Wildman–Crippen LogP) is 4.48. The third-order valence-corrected chi connectivity index (χ3v) is 4.65. The fourth-order valence-electron chi connectivity index (χ4n) is 2.45. The summed E-state index contributed by atoms with van der Waals surface area (Å²) in [4.78, 5) is 12.3. The Hall–Kier alpha value is -2.02. The molecule has 0 radical (unpaired) electrons. The number of hydrogen-bond acceptors (Lipinski definition) is 3. The van der Waals surface area contributed by atoms with Crippen LogP contribution in [0.25, 0.3) is 0 Å². The first-order valence-electron chi connectivity index (χ1n) is 7.35. The molecule has 0 fully saturated rings. The second kappa shape index (κ2) is 7.07. The normalized spacial score (nSPS) is 10.9. The van der Waals surface area contributed by atoms with E-state index in [4.69, 9.17) is 34.8 Å². The maximum absolute atomic E-state index is 12.3. The number of carbonyl (C=O) groups is 1. The largest absolute Gasteiger partial charge is 0.317 e. The molecule has 0 atom stereocenters. The van der Waals surface area contributed by atoms with E-state index in [1.54, 1.807) is 16.8 Å². The molecule has 0 aliphatic rings. The Labute approximate surface area is 159 Å². The topological polar surface area (TPSA) is 75.6 Å². The number of anilines is 1. The molecule has 3 rings (SSSR count). The van der Waals surface area contributed by atoms with Crippen molar-refractivity contribution in [2.75, 3.05) is 5.32 Å². The van der Waals surface area contributed by atoms with Gasteiger partial charge in [-0.1, -0.05) is 40.9 Å². The van der Waals surface area contributed by atoms with Gasteiger partial charge in [0.25, 0.3) is 5.91 Å². The van der Waals surface area contributed by atoms with Gasteiger partial charge in [0, 0.05) is 10.0 Å². The molecular weight excluding hydrogens is 385 g/mol. The van der Waals surface area contributed by atoms with Gasteiger partial charge in [0.2, 0.25) is 0 Å². The van der Waals surface area contributed by atoms with Gasteiger partial charge < -0.3 is 5.32 Å². The molecular formula is C16H14Cl3N5O. The van der Waals surface area contributed by atoms with Crippen LogP contribution in [0.3, 0.4) is 0 Å². The maximum Gasteiger partial charge on any atom is 0.275 e. The molecule has 0 saturated carbocycles. The number of hydrogen-bond donors (Lipinski definition) is 2. The minimum atomic E-state index is -0.377. The fourth-order valence-corrected chi connectivity index (χ4v) is 3.09. The first-order valence-corrected chi connectivity index (χ1v) is 8.48. The van der Waals surface area contributed by atoms with Gasteiger partial charge in [-0.05, 0) is 31.5 Å². The Morgan fingerprint density at radius 1 is 1.24 bits per heavy atom. The summed E-state index contributed by atoms with van der Waals surface area (Å²) in [6.45, 7) is 4.15. The van der Waals surface area contributed by atoms with Crippen LogP contribution in [-0.4, -0.2) is 25.9 Å². The number of nitrogens with one attached hydrogen (secondary N) is 2. The van der Waals surface area contributed by atoms with Crippen molar-refractivity contribution in [3.05, 3.63) is 62.1 Å². The van der Waals surface area contributed by atoms with E-state index in [0.29, 0.717) is 28.0 Å². The molecule has 1 amide bonds. The van der Waals surface area contributed by atoms with Gasteiger partial charge in [-0.3, -0.25) is 14.6 Å². The van der Waals surface area contributed by atoms with Gasteiger partial charge in [0.15, 0.2) is 0 Å². The number of aromatic nitrogens is 4. The lowest BCUT2D eigenvalue weighted by molar-refractivity contribution is 0.102. The highest BCUT2D eigenvalue weighted by Gasteiger charge is 2.18. The standard InChI is InChI=1S/C16H14Cl3N5O/c1-8-14(21-16(25)15-13(19)6-20-22-15)9(2)24(23-8)7-10-3-4-11(17)5-12(10)18/h3-6H,7H2,1-2H3,(H,20,22)(H,21,25). The summed E-state index contributed by atoms with van der Waals surface area (Å²) in [5.74, 6) is -0.377. The van der Waals surface area contributed by atoms with E-state index in [-0.39, 0.29) is 16.6 Å². The number of benzene rings is 1. The highest BCUT2D eigenvalue weighted by atomic mass is 35.5. The van der Waals surface area contributed by atoms with Crippen LogP contribution in [0.4, 0.5) is 5.69 Å². The minimum absolute atomic E-state index is 0.203. The number of amides is 1. The second-order valence-electron chi connectivity index (χ2n) is 5.49.